The monoisotopic (exact) mass is 181 g/mol. The molecule has 0 atom stereocenters. The van der Waals surface area contributed by atoms with Crippen molar-refractivity contribution in [2.45, 2.75) is 6.92 Å². The number of imidazole rings is 1. The molecule has 0 bridgehead atoms. The van der Waals surface area contributed by atoms with Crippen molar-refractivity contribution in [2.24, 2.45) is 0 Å². The maximum Gasteiger partial charge on any atom is 0.172 e. The second-order valence-electron chi connectivity index (χ2n) is 2.65. The van der Waals surface area contributed by atoms with E-state index in [-0.39, 0.29) is 0 Å². The third-order valence-electron chi connectivity index (χ3n) is 1.83. The van der Waals surface area contributed by atoms with E-state index in [2.05, 4.69) is 4.98 Å². The summed E-state index contributed by atoms with van der Waals surface area (Å²) in [7, 11) is 0. The number of nitrogen functional groups attached to an aromatic ring is 1. The molecule has 0 saturated carbocycles. The molecule has 62 valence electrons. The SMILES string of the molecule is Cc1cccc2nc(Cl)c(N)n12. The third kappa shape index (κ3) is 0.865. The van der Waals surface area contributed by atoms with Crippen molar-refractivity contribution < 1.29 is 0 Å². The molecule has 3 nitrogen and oxygen atoms in total. The van der Waals surface area contributed by atoms with Crippen molar-refractivity contribution in [3.8, 4) is 0 Å². The van der Waals surface area contributed by atoms with Gasteiger partial charge in [-0.15, -0.1) is 0 Å². The Morgan fingerprint density at radius 2 is 2.25 bits per heavy atom. The van der Waals surface area contributed by atoms with Gasteiger partial charge in [0.15, 0.2) is 5.15 Å². The van der Waals surface area contributed by atoms with Crippen molar-refractivity contribution in [3.05, 3.63) is 29.0 Å². The largest absolute Gasteiger partial charge is 0.382 e. The molecule has 0 aliphatic heterocycles. The Morgan fingerprint density at radius 3 is 2.92 bits per heavy atom. The van der Waals surface area contributed by atoms with Gasteiger partial charge in [-0.3, -0.25) is 4.40 Å². The maximum absolute atomic E-state index is 5.77. The molecule has 0 spiro atoms. The minimum Gasteiger partial charge on any atom is -0.382 e. The van der Waals surface area contributed by atoms with Gasteiger partial charge in [0, 0.05) is 5.69 Å². The third-order valence-corrected chi connectivity index (χ3v) is 2.11. The molecule has 2 N–H and O–H groups in total. The van der Waals surface area contributed by atoms with Crippen LogP contribution in [0.25, 0.3) is 5.65 Å². The summed E-state index contributed by atoms with van der Waals surface area (Å²) in [4.78, 5) is 4.08. The zero-order chi connectivity index (χ0) is 8.72. The van der Waals surface area contributed by atoms with Gasteiger partial charge in [-0.1, -0.05) is 17.7 Å². The van der Waals surface area contributed by atoms with Crippen molar-refractivity contribution in [1.82, 2.24) is 9.38 Å². The fraction of sp³-hybridized carbons (Fsp3) is 0.125. The minimum absolute atomic E-state index is 0.365. The van der Waals surface area contributed by atoms with E-state index in [0.29, 0.717) is 11.0 Å². The van der Waals surface area contributed by atoms with Crippen LogP contribution in [0.5, 0.6) is 0 Å². The Balaban J connectivity index is 2.97. The smallest absolute Gasteiger partial charge is 0.172 e. The molecular formula is C8H8ClN3. The normalized spacial score (nSPS) is 10.8. The van der Waals surface area contributed by atoms with Crippen LogP contribution >= 0.6 is 11.6 Å². The average Bonchev–Trinajstić information content (AvgIpc) is 2.29. The second kappa shape index (κ2) is 2.38. The van der Waals surface area contributed by atoms with Crippen molar-refractivity contribution >= 4 is 23.1 Å². The van der Waals surface area contributed by atoms with E-state index in [0.717, 1.165) is 11.3 Å². The Kier molecular flexibility index (Phi) is 1.48. The summed E-state index contributed by atoms with van der Waals surface area (Å²) >= 11 is 5.77. The number of fused-ring (bicyclic) bond motifs is 1. The molecule has 2 aromatic rings. The number of nitrogens with zero attached hydrogens (tertiary/aromatic N) is 2. The molecule has 4 heteroatoms. The van der Waals surface area contributed by atoms with Crippen LogP contribution in [0.3, 0.4) is 0 Å². The van der Waals surface area contributed by atoms with Gasteiger partial charge in [0.1, 0.15) is 11.5 Å². The first kappa shape index (κ1) is 7.43. The van der Waals surface area contributed by atoms with Gasteiger partial charge in [-0.25, -0.2) is 4.98 Å². The van der Waals surface area contributed by atoms with E-state index in [1.807, 2.05) is 29.5 Å². The molecular weight excluding hydrogens is 174 g/mol. The van der Waals surface area contributed by atoms with Crippen LogP contribution in [-0.4, -0.2) is 9.38 Å². The number of aryl methyl sites for hydroxylation is 1. The summed E-state index contributed by atoms with van der Waals surface area (Å²) in [6, 6.07) is 5.75. The first-order valence-electron chi connectivity index (χ1n) is 3.59. The summed E-state index contributed by atoms with van der Waals surface area (Å²) in [6.07, 6.45) is 0. The number of pyridine rings is 1. The van der Waals surface area contributed by atoms with Gasteiger partial charge in [0.2, 0.25) is 0 Å². The lowest BCUT2D eigenvalue weighted by molar-refractivity contribution is 1.10. The summed E-state index contributed by atoms with van der Waals surface area (Å²) in [5.74, 6) is 0.504. The standard InChI is InChI=1S/C8H8ClN3/c1-5-3-2-4-6-11-7(9)8(10)12(5)6/h2-4H,10H2,1H3. The Morgan fingerprint density at radius 1 is 1.50 bits per heavy atom. The number of hydrogen-bond donors (Lipinski definition) is 1. The molecule has 0 saturated heterocycles. The number of anilines is 1. The van der Waals surface area contributed by atoms with E-state index in [1.165, 1.54) is 0 Å². The van der Waals surface area contributed by atoms with E-state index >= 15 is 0 Å². The molecule has 0 aromatic carbocycles. The Hall–Kier alpha value is -1.22. The van der Waals surface area contributed by atoms with Crippen molar-refractivity contribution in [2.75, 3.05) is 5.73 Å². The lowest BCUT2D eigenvalue weighted by atomic mass is 10.4. The van der Waals surface area contributed by atoms with Gasteiger partial charge >= 0.3 is 0 Å². The van der Waals surface area contributed by atoms with E-state index in [1.54, 1.807) is 0 Å². The van der Waals surface area contributed by atoms with Crippen LogP contribution in [0.1, 0.15) is 5.69 Å². The van der Waals surface area contributed by atoms with E-state index in [4.69, 9.17) is 17.3 Å². The van der Waals surface area contributed by atoms with Crippen LogP contribution in [0, 0.1) is 6.92 Å². The molecule has 0 fully saturated rings. The molecule has 0 amide bonds. The highest BCUT2D eigenvalue weighted by molar-refractivity contribution is 6.31. The first-order valence-corrected chi connectivity index (χ1v) is 3.97. The fourth-order valence-electron chi connectivity index (χ4n) is 1.25. The zero-order valence-electron chi connectivity index (χ0n) is 6.58. The van der Waals surface area contributed by atoms with Gasteiger partial charge < -0.3 is 5.73 Å². The topological polar surface area (TPSA) is 43.3 Å². The number of rotatable bonds is 0. The minimum atomic E-state index is 0.365. The van der Waals surface area contributed by atoms with Crippen LogP contribution in [-0.2, 0) is 0 Å². The average molecular weight is 182 g/mol. The van der Waals surface area contributed by atoms with Gasteiger partial charge in [-0.2, -0.15) is 0 Å². The molecule has 0 aliphatic rings. The Labute approximate surface area is 74.8 Å². The van der Waals surface area contributed by atoms with Gasteiger partial charge in [0.25, 0.3) is 0 Å². The molecule has 12 heavy (non-hydrogen) atoms. The van der Waals surface area contributed by atoms with Crippen molar-refractivity contribution in [3.63, 3.8) is 0 Å². The predicted octanol–water partition coefficient (Wildman–Crippen LogP) is 1.88. The van der Waals surface area contributed by atoms with Crippen molar-refractivity contribution in [1.29, 1.82) is 0 Å². The molecule has 2 aromatic heterocycles. The number of aromatic nitrogens is 2. The summed E-state index contributed by atoms with van der Waals surface area (Å²) < 4.78 is 1.82. The summed E-state index contributed by atoms with van der Waals surface area (Å²) in [5, 5.41) is 0.365. The highest BCUT2D eigenvalue weighted by atomic mass is 35.5. The molecule has 0 unspecified atom stereocenters. The van der Waals surface area contributed by atoms with E-state index in [9.17, 15) is 0 Å². The zero-order valence-corrected chi connectivity index (χ0v) is 7.34. The molecule has 2 rings (SSSR count). The molecule has 0 radical (unpaired) electrons. The fourth-order valence-corrected chi connectivity index (χ4v) is 1.43. The maximum atomic E-state index is 5.77. The van der Waals surface area contributed by atoms with Crippen LogP contribution < -0.4 is 5.73 Å². The summed E-state index contributed by atoms with van der Waals surface area (Å²) in [5.41, 5.74) is 7.53. The van der Waals surface area contributed by atoms with Gasteiger partial charge in [-0.05, 0) is 19.1 Å². The first-order chi connectivity index (χ1) is 5.70. The number of nitrogens with two attached hydrogens (primary N) is 1. The van der Waals surface area contributed by atoms with Crippen LogP contribution in [0.15, 0.2) is 18.2 Å². The van der Waals surface area contributed by atoms with Crippen LogP contribution in [0.2, 0.25) is 5.15 Å². The van der Waals surface area contributed by atoms with E-state index < -0.39 is 0 Å². The highest BCUT2D eigenvalue weighted by Gasteiger charge is 2.06. The Bertz CT molecular complexity index is 433. The molecule has 0 aliphatic carbocycles. The van der Waals surface area contributed by atoms with Gasteiger partial charge in [0.05, 0.1) is 0 Å². The quantitative estimate of drug-likeness (QED) is 0.675. The summed E-state index contributed by atoms with van der Waals surface area (Å²) in [6.45, 7) is 1.96. The lowest BCUT2D eigenvalue weighted by Crippen LogP contribution is -1.96. The number of hydrogen-bond acceptors (Lipinski definition) is 2. The lowest BCUT2D eigenvalue weighted by Gasteiger charge is -1.99. The second-order valence-corrected chi connectivity index (χ2v) is 3.01. The number of halogens is 1. The highest BCUT2D eigenvalue weighted by Crippen LogP contribution is 2.20. The predicted molar refractivity (Wildman–Crippen MR) is 49.4 cm³/mol. The van der Waals surface area contributed by atoms with Crippen LogP contribution in [0.4, 0.5) is 5.82 Å². The molecule has 2 heterocycles.